The van der Waals surface area contributed by atoms with Crippen LogP contribution >= 0.6 is 0 Å². The maximum Gasteiger partial charge on any atom is 0.422 e. The first-order valence-corrected chi connectivity index (χ1v) is 6.58. The lowest BCUT2D eigenvalue weighted by molar-refractivity contribution is -0.143. The van der Waals surface area contributed by atoms with Gasteiger partial charge in [0, 0.05) is 0 Å². The summed E-state index contributed by atoms with van der Waals surface area (Å²) in [7, 11) is 0. The van der Waals surface area contributed by atoms with Crippen LogP contribution in [0.15, 0.2) is 22.4 Å². The monoisotopic (exact) mass is 426 g/mol. The molecule has 2 nitrogen and oxygen atoms in total. The van der Waals surface area contributed by atoms with Crippen LogP contribution in [0.1, 0.15) is 11.1 Å². The largest absolute Gasteiger partial charge is 0.422 e. The Morgan fingerprint density at radius 2 is 1.04 bits per heavy atom. The zero-order chi connectivity index (χ0) is 21.6. The number of rotatable bonds is 2. The van der Waals surface area contributed by atoms with E-state index in [1.165, 1.54) is 0 Å². The Morgan fingerprint density at radius 1 is 0.536 bits per heavy atom. The van der Waals surface area contributed by atoms with E-state index in [0.29, 0.717) is 0 Å². The first-order chi connectivity index (χ1) is 12.7. The summed E-state index contributed by atoms with van der Waals surface area (Å²) < 4.78 is 155. The third-order valence-electron chi connectivity index (χ3n) is 3.15. The number of hydrogen-bond acceptors (Lipinski definition) is 2. The van der Waals surface area contributed by atoms with Gasteiger partial charge in [-0.15, -0.1) is 10.2 Å². The van der Waals surface area contributed by atoms with E-state index in [2.05, 4.69) is 10.2 Å². The highest BCUT2D eigenvalue weighted by Gasteiger charge is 2.42. The van der Waals surface area contributed by atoms with Gasteiger partial charge < -0.3 is 0 Å². The summed E-state index contributed by atoms with van der Waals surface area (Å²) in [5.41, 5.74) is -8.44. The van der Waals surface area contributed by atoms with Crippen molar-refractivity contribution in [2.75, 3.05) is 0 Å². The number of benzene rings is 2. The SMILES string of the molecule is Fc1c(N=Nc2c(F)c(F)c(C(F)(F)F)c(F)c2F)ccc(C(F)(F)F)c1F. The number of hydrogen-bond donors (Lipinski definition) is 0. The Labute approximate surface area is 146 Å². The van der Waals surface area contributed by atoms with Crippen molar-refractivity contribution in [3.63, 3.8) is 0 Å². The normalized spacial score (nSPS) is 12.9. The molecule has 0 atom stereocenters. The second kappa shape index (κ2) is 6.98. The lowest BCUT2D eigenvalue weighted by atomic mass is 10.1. The third-order valence-corrected chi connectivity index (χ3v) is 3.15. The number of azo groups is 1. The topological polar surface area (TPSA) is 24.7 Å². The van der Waals surface area contributed by atoms with E-state index in [1.807, 2.05) is 0 Å². The lowest BCUT2D eigenvalue weighted by Crippen LogP contribution is -2.14. The van der Waals surface area contributed by atoms with Gasteiger partial charge >= 0.3 is 12.4 Å². The molecule has 0 fully saturated rings. The average Bonchev–Trinajstić information content (AvgIpc) is 2.54. The van der Waals surface area contributed by atoms with Gasteiger partial charge in [0.2, 0.25) is 0 Å². The van der Waals surface area contributed by atoms with Gasteiger partial charge in [-0.25, -0.2) is 26.3 Å². The van der Waals surface area contributed by atoms with Crippen LogP contribution in [0.4, 0.5) is 64.1 Å². The van der Waals surface area contributed by atoms with Gasteiger partial charge in [-0.1, -0.05) is 0 Å². The molecule has 14 heteroatoms. The smallest absolute Gasteiger partial charge is 0.203 e. The highest BCUT2D eigenvalue weighted by molar-refractivity contribution is 5.47. The molecule has 0 aliphatic heterocycles. The second-order valence-corrected chi connectivity index (χ2v) is 4.94. The fourth-order valence-corrected chi connectivity index (χ4v) is 1.90. The second-order valence-electron chi connectivity index (χ2n) is 4.94. The van der Waals surface area contributed by atoms with Gasteiger partial charge in [-0.05, 0) is 12.1 Å². The van der Waals surface area contributed by atoms with E-state index >= 15 is 0 Å². The molecule has 2 rings (SSSR count). The summed E-state index contributed by atoms with van der Waals surface area (Å²) in [6, 6.07) is 0.144. The Kier molecular flexibility index (Phi) is 5.36. The Bertz CT molecular complexity index is 930. The van der Waals surface area contributed by atoms with Crippen LogP contribution in [-0.2, 0) is 12.4 Å². The molecule has 0 radical (unpaired) electrons. The minimum atomic E-state index is -5.83. The van der Waals surface area contributed by atoms with E-state index < -0.39 is 69.8 Å². The molecule has 152 valence electrons. The van der Waals surface area contributed by atoms with Gasteiger partial charge in [0.15, 0.2) is 40.6 Å². The first-order valence-electron chi connectivity index (χ1n) is 6.58. The van der Waals surface area contributed by atoms with Crippen molar-refractivity contribution < 1.29 is 52.7 Å². The zero-order valence-electron chi connectivity index (χ0n) is 12.6. The Hall–Kier alpha value is -2.80. The maximum absolute atomic E-state index is 13.6. The average molecular weight is 426 g/mol. The molecule has 0 aliphatic carbocycles. The van der Waals surface area contributed by atoms with Crippen LogP contribution in [0.2, 0.25) is 0 Å². The minimum absolute atomic E-state index is 0.0204. The molecular weight excluding hydrogens is 424 g/mol. The van der Waals surface area contributed by atoms with Crippen molar-refractivity contribution in [3.8, 4) is 0 Å². The predicted molar refractivity (Wildman–Crippen MR) is 66.8 cm³/mol. The summed E-state index contributed by atoms with van der Waals surface area (Å²) in [6.45, 7) is 0. The van der Waals surface area contributed by atoms with Gasteiger partial charge in [0.25, 0.3) is 0 Å². The van der Waals surface area contributed by atoms with Crippen LogP contribution in [0.25, 0.3) is 0 Å². The Balaban J connectivity index is 2.59. The highest BCUT2D eigenvalue weighted by atomic mass is 19.4. The maximum atomic E-state index is 13.6. The molecule has 0 spiro atoms. The Morgan fingerprint density at radius 3 is 1.46 bits per heavy atom. The number of nitrogens with zero attached hydrogens (tertiary/aromatic N) is 2. The van der Waals surface area contributed by atoms with Crippen LogP contribution in [0, 0.1) is 34.9 Å². The first kappa shape index (κ1) is 21.5. The van der Waals surface area contributed by atoms with Crippen molar-refractivity contribution in [1.82, 2.24) is 0 Å². The third kappa shape index (κ3) is 3.75. The van der Waals surface area contributed by atoms with Crippen molar-refractivity contribution >= 4 is 11.4 Å². The van der Waals surface area contributed by atoms with E-state index in [1.54, 1.807) is 0 Å². The predicted octanol–water partition coefficient (Wildman–Crippen LogP) is 6.97. The molecule has 0 saturated heterocycles. The molecule has 0 heterocycles. The highest BCUT2D eigenvalue weighted by Crippen LogP contribution is 2.40. The molecule has 2 aromatic rings. The van der Waals surface area contributed by atoms with Crippen LogP contribution in [0.5, 0.6) is 0 Å². The van der Waals surface area contributed by atoms with E-state index in [0.717, 1.165) is 0 Å². The van der Waals surface area contributed by atoms with E-state index in [9.17, 15) is 52.7 Å². The summed E-state index contributed by atoms with van der Waals surface area (Å²) >= 11 is 0. The van der Waals surface area contributed by atoms with Gasteiger partial charge in [0.05, 0.1) is 5.56 Å². The molecule has 28 heavy (non-hydrogen) atoms. The molecular formula is C14H2F12N2. The van der Waals surface area contributed by atoms with E-state index in [-0.39, 0.29) is 12.1 Å². The van der Waals surface area contributed by atoms with Crippen LogP contribution < -0.4 is 0 Å². The molecule has 0 N–H and O–H groups in total. The van der Waals surface area contributed by atoms with Gasteiger partial charge in [0.1, 0.15) is 11.3 Å². The van der Waals surface area contributed by atoms with Gasteiger partial charge in [-0.2, -0.15) is 26.3 Å². The minimum Gasteiger partial charge on any atom is -0.203 e. The molecule has 0 aliphatic rings. The van der Waals surface area contributed by atoms with Crippen molar-refractivity contribution in [1.29, 1.82) is 0 Å². The van der Waals surface area contributed by atoms with Crippen LogP contribution in [0.3, 0.4) is 0 Å². The fourth-order valence-electron chi connectivity index (χ4n) is 1.90. The summed E-state index contributed by atoms with van der Waals surface area (Å²) in [4.78, 5) is 0. The van der Waals surface area contributed by atoms with Crippen molar-refractivity contribution in [2.24, 2.45) is 10.2 Å². The number of alkyl halides is 6. The molecule has 0 aromatic heterocycles. The molecule has 0 bridgehead atoms. The standard InChI is InChI=1S/C14H2F12N2/c15-6-3(13(21,22)23)1-2-4(7(6)16)27-28-12-10(19)8(17)5(14(24,25)26)9(18)11(12)20/h1-2H. The molecule has 0 saturated carbocycles. The summed E-state index contributed by atoms with van der Waals surface area (Å²) in [5.74, 6) is -15.9. The van der Waals surface area contributed by atoms with Crippen molar-refractivity contribution in [3.05, 3.63) is 58.2 Å². The van der Waals surface area contributed by atoms with Gasteiger partial charge in [-0.3, -0.25) is 0 Å². The van der Waals surface area contributed by atoms with E-state index in [4.69, 9.17) is 0 Å². The van der Waals surface area contributed by atoms with Crippen molar-refractivity contribution in [2.45, 2.75) is 12.4 Å². The quantitative estimate of drug-likeness (QED) is 0.281. The molecule has 2 aromatic carbocycles. The summed E-state index contributed by atoms with van der Waals surface area (Å²) in [6.07, 6.45) is -11.1. The zero-order valence-corrected chi connectivity index (χ0v) is 12.6. The fraction of sp³-hybridized carbons (Fsp3) is 0.143. The summed E-state index contributed by atoms with van der Waals surface area (Å²) in [5, 5.41) is 5.06. The molecule has 0 unspecified atom stereocenters. The van der Waals surface area contributed by atoms with Crippen LogP contribution in [-0.4, -0.2) is 0 Å². The molecule has 0 amide bonds. The lowest BCUT2D eigenvalue weighted by Gasteiger charge is -2.12. The number of halogens is 12.